The van der Waals surface area contributed by atoms with E-state index in [-0.39, 0.29) is 6.61 Å². The molecule has 3 nitrogen and oxygen atoms in total. The van der Waals surface area contributed by atoms with Crippen LogP contribution in [0.2, 0.25) is 0 Å². The monoisotopic (exact) mass is 285 g/mol. The van der Waals surface area contributed by atoms with Gasteiger partial charge in [-0.15, -0.1) is 0 Å². The van der Waals surface area contributed by atoms with Crippen LogP contribution in [0.4, 0.5) is 0 Å². The van der Waals surface area contributed by atoms with E-state index in [1.165, 1.54) is 44.1 Å². The normalized spacial score (nSPS) is 36.7. The second-order valence-electron chi connectivity index (χ2n) is 7.48. The minimum atomic E-state index is -0.430. The summed E-state index contributed by atoms with van der Waals surface area (Å²) in [7, 11) is 0. The van der Waals surface area contributed by atoms with Gasteiger partial charge in [-0.3, -0.25) is 4.79 Å². The molecule has 0 unspecified atom stereocenters. The van der Waals surface area contributed by atoms with Gasteiger partial charge in [-0.2, -0.15) is 0 Å². The van der Waals surface area contributed by atoms with Crippen molar-refractivity contribution in [1.82, 2.24) is 0 Å². The van der Waals surface area contributed by atoms with Gasteiger partial charge in [-0.25, -0.2) is 0 Å². The Hall–Kier alpha value is -1.51. The van der Waals surface area contributed by atoms with E-state index in [2.05, 4.69) is 12.1 Å². The molecular weight excluding hydrogens is 262 g/mol. The molecule has 4 saturated carbocycles. The van der Waals surface area contributed by atoms with Gasteiger partial charge in [-0.05, 0) is 79.4 Å². The summed E-state index contributed by atoms with van der Waals surface area (Å²) < 4.78 is 5.37. The highest BCUT2D eigenvalue weighted by molar-refractivity contribution is 5.75. The summed E-state index contributed by atoms with van der Waals surface area (Å²) in [5, 5.41) is 0. The summed E-state index contributed by atoms with van der Waals surface area (Å²) in [4.78, 5) is 10.8. The fourth-order valence-corrected chi connectivity index (χ4v) is 5.52. The van der Waals surface area contributed by atoms with Crippen LogP contribution in [0.25, 0.3) is 0 Å². The average molecular weight is 285 g/mol. The third-order valence-electron chi connectivity index (χ3n) is 5.89. The Balaban J connectivity index is 1.54. The van der Waals surface area contributed by atoms with Gasteiger partial charge in [0.2, 0.25) is 0 Å². The molecule has 1 aromatic rings. The van der Waals surface area contributed by atoms with Crippen LogP contribution in [-0.4, -0.2) is 12.5 Å². The maximum atomic E-state index is 10.8. The van der Waals surface area contributed by atoms with Gasteiger partial charge in [-0.1, -0.05) is 12.1 Å². The second kappa shape index (κ2) is 4.75. The summed E-state index contributed by atoms with van der Waals surface area (Å²) in [6, 6.07) is 8.42. The van der Waals surface area contributed by atoms with Gasteiger partial charge >= 0.3 is 0 Å². The molecule has 112 valence electrons. The lowest BCUT2D eigenvalue weighted by atomic mass is 9.48. The molecule has 1 amide bonds. The van der Waals surface area contributed by atoms with Crippen LogP contribution in [0, 0.1) is 17.8 Å². The molecule has 0 spiro atoms. The minimum Gasteiger partial charge on any atom is -0.484 e. The first-order valence-electron chi connectivity index (χ1n) is 8.15. The lowest BCUT2D eigenvalue weighted by Crippen LogP contribution is -2.48. The van der Waals surface area contributed by atoms with E-state index < -0.39 is 5.91 Å². The molecule has 4 aliphatic carbocycles. The summed E-state index contributed by atoms with van der Waals surface area (Å²) in [5.41, 5.74) is 7.02. The number of nitrogens with two attached hydrogens (primary N) is 1. The minimum absolute atomic E-state index is 0.0449. The van der Waals surface area contributed by atoms with Gasteiger partial charge in [0.15, 0.2) is 6.61 Å². The number of amides is 1. The van der Waals surface area contributed by atoms with Gasteiger partial charge in [0.1, 0.15) is 5.75 Å². The first-order valence-corrected chi connectivity index (χ1v) is 8.15. The zero-order valence-corrected chi connectivity index (χ0v) is 12.4. The fourth-order valence-electron chi connectivity index (χ4n) is 5.52. The Kier molecular flexibility index (Phi) is 2.98. The standard InChI is InChI=1S/C18H23NO2/c19-17(20)11-21-16-3-1-15(2-4-16)18-8-12-5-13(9-18)7-14(6-12)10-18/h1-4,12-14H,5-11H2,(H2,19,20). The largest absolute Gasteiger partial charge is 0.484 e. The second-order valence-corrected chi connectivity index (χ2v) is 7.48. The molecule has 1 aromatic carbocycles. The van der Waals surface area contributed by atoms with Crippen molar-refractivity contribution in [2.75, 3.05) is 6.61 Å². The molecule has 0 saturated heterocycles. The highest BCUT2D eigenvalue weighted by Crippen LogP contribution is 2.60. The van der Waals surface area contributed by atoms with Crippen LogP contribution >= 0.6 is 0 Å². The maximum absolute atomic E-state index is 10.8. The molecule has 0 aromatic heterocycles. The van der Waals surface area contributed by atoms with Crippen molar-refractivity contribution in [1.29, 1.82) is 0 Å². The molecule has 0 heterocycles. The highest BCUT2D eigenvalue weighted by atomic mass is 16.5. The number of ether oxygens (including phenoxy) is 1. The van der Waals surface area contributed by atoms with Crippen LogP contribution in [-0.2, 0) is 10.2 Å². The first kappa shape index (κ1) is 13.2. The lowest BCUT2D eigenvalue weighted by molar-refractivity contribution is -0.119. The van der Waals surface area contributed by atoms with Crippen LogP contribution in [0.15, 0.2) is 24.3 Å². The van der Waals surface area contributed by atoms with Crippen molar-refractivity contribution < 1.29 is 9.53 Å². The first-order chi connectivity index (χ1) is 10.1. The van der Waals surface area contributed by atoms with E-state index in [1.807, 2.05) is 12.1 Å². The van der Waals surface area contributed by atoms with Gasteiger partial charge in [0.05, 0.1) is 0 Å². The zero-order chi connectivity index (χ0) is 14.4. The average Bonchev–Trinajstić information content (AvgIpc) is 2.44. The number of primary amides is 1. The summed E-state index contributed by atoms with van der Waals surface area (Å²) in [5.74, 6) is 3.19. The molecule has 0 atom stereocenters. The molecule has 4 bridgehead atoms. The third kappa shape index (κ3) is 2.33. The molecule has 0 aliphatic heterocycles. The number of rotatable bonds is 4. The summed E-state index contributed by atoms with van der Waals surface area (Å²) in [6.45, 7) is -0.0449. The Morgan fingerprint density at radius 1 is 1.05 bits per heavy atom. The van der Waals surface area contributed by atoms with Gasteiger partial charge in [0, 0.05) is 0 Å². The van der Waals surface area contributed by atoms with Crippen molar-refractivity contribution >= 4 is 5.91 Å². The molecular formula is C18H23NO2. The third-order valence-corrected chi connectivity index (χ3v) is 5.89. The Bertz CT molecular complexity index is 514. The highest BCUT2D eigenvalue weighted by Gasteiger charge is 2.51. The van der Waals surface area contributed by atoms with Gasteiger partial charge < -0.3 is 10.5 Å². The van der Waals surface area contributed by atoms with E-state index in [0.29, 0.717) is 5.41 Å². The Labute approximate surface area is 125 Å². The molecule has 21 heavy (non-hydrogen) atoms. The van der Waals surface area contributed by atoms with Crippen molar-refractivity contribution in [2.45, 2.75) is 43.9 Å². The van der Waals surface area contributed by atoms with E-state index >= 15 is 0 Å². The van der Waals surface area contributed by atoms with E-state index in [4.69, 9.17) is 10.5 Å². The number of carbonyl (C=O) groups is 1. The molecule has 2 N–H and O–H groups in total. The van der Waals surface area contributed by atoms with Crippen molar-refractivity contribution in [3.05, 3.63) is 29.8 Å². The number of hydrogen-bond donors (Lipinski definition) is 1. The molecule has 4 fully saturated rings. The quantitative estimate of drug-likeness (QED) is 0.924. The number of benzene rings is 1. The van der Waals surface area contributed by atoms with E-state index in [1.54, 1.807) is 0 Å². The smallest absolute Gasteiger partial charge is 0.255 e. The Morgan fingerprint density at radius 2 is 1.57 bits per heavy atom. The predicted molar refractivity (Wildman–Crippen MR) is 81.0 cm³/mol. The van der Waals surface area contributed by atoms with Crippen molar-refractivity contribution in [2.24, 2.45) is 23.5 Å². The zero-order valence-electron chi connectivity index (χ0n) is 12.4. The van der Waals surface area contributed by atoms with Crippen LogP contribution in [0.1, 0.15) is 44.1 Å². The topological polar surface area (TPSA) is 52.3 Å². The van der Waals surface area contributed by atoms with E-state index in [0.717, 1.165) is 23.5 Å². The maximum Gasteiger partial charge on any atom is 0.255 e. The number of carbonyl (C=O) groups excluding carboxylic acids is 1. The van der Waals surface area contributed by atoms with Gasteiger partial charge in [0.25, 0.3) is 5.91 Å². The van der Waals surface area contributed by atoms with Crippen LogP contribution in [0.3, 0.4) is 0 Å². The summed E-state index contributed by atoms with van der Waals surface area (Å²) >= 11 is 0. The fraction of sp³-hybridized carbons (Fsp3) is 0.611. The van der Waals surface area contributed by atoms with Crippen molar-refractivity contribution in [3.63, 3.8) is 0 Å². The van der Waals surface area contributed by atoms with Crippen molar-refractivity contribution in [3.8, 4) is 5.75 Å². The molecule has 5 rings (SSSR count). The SMILES string of the molecule is NC(=O)COc1ccc(C23CC4CC(CC(C4)C2)C3)cc1. The Morgan fingerprint density at radius 3 is 2.05 bits per heavy atom. The number of hydrogen-bond acceptors (Lipinski definition) is 2. The lowest BCUT2D eigenvalue weighted by Gasteiger charge is -2.57. The summed E-state index contributed by atoms with van der Waals surface area (Å²) in [6.07, 6.45) is 8.54. The van der Waals surface area contributed by atoms with E-state index in [9.17, 15) is 4.79 Å². The molecule has 3 heteroatoms. The predicted octanol–water partition coefficient (Wildman–Crippen LogP) is 3.02. The molecule has 4 aliphatic rings. The van der Waals surface area contributed by atoms with Crippen LogP contribution in [0.5, 0.6) is 5.75 Å². The van der Waals surface area contributed by atoms with Crippen LogP contribution < -0.4 is 10.5 Å². The molecule has 0 radical (unpaired) electrons.